The van der Waals surface area contributed by atoms with Crippen LogP contribution in [0.1, 0.15) is 24.3 Å². The standard InChI is InChI=1S/C12H20ClN5O3/c1-4-20-7(21-5-2)6-18(3)12(19)8-10(14)17-11(15)9(13)16-8/h7H,4-6H2,1-3H3,(H4,14,15,17). The summed E-state index contributed by atoms with van der Waals surface area (Å²) >= 11 is 5.77. The van der Waals surface area contributed by atoms with Gasteiger partial charge in [-0.1, -0.05) is 11.6 Å². The summed E-state index contributed by atoms with van der Waals surface area (Å²) in [6.45, 7) is 4.86. The second-order valence-corrected chi connectivity index (χ2v) is 4.52. The first-order valence-electron chi connectivity index (χ1n) is 6.47. The van der Waals surface area contributed by atoms with Gasteiger partial charge in [0.1, 0.15) is 0 Å². The van der Waals surface area contributed by atoms with Crippen molar-refractivity contribution in [3.63, 3.8) is 0 Å². The SMILES string of the molecule is CCOC(CN(C)C(=O)c1nc(Cl)c(N)nc1N)OCC. The van der Waals surface area contributed by atoms with Gasteiger partial charge in [0.25, 0.3) is 5.91 Å². The maximum absolute atomic E-state index is 12.3. The molecule has 1 heterocycles. The Bertz CT molecular complexity index is 494. The third kappa shape index (κ3) is 4.69. The summed E-state index contributed by atoms with van der Waals surface area (Å²) in [6, 6.07) is 0. The van der Waals surface area contributed by atoms with Crippen LogP contribution < -0.4 is 11.5 Å². The van der Waals surface area contributed by atoms with Gasteiger partial charge in [-0.15, -0.1) is 0 Å². The predicted molar refractivity (Wildman–Crippen MR) is 79.9 cm³/mol. The van der Waals surface area contributed by atoms with Crippen molar-refractivity contribution in [2.75, 3.05) is 38.3 Å². The van der Waals surface area contributed by atoms with E-state index in [2.05, 4.69) is 9.97 Å². The number of ether oxygens (including phenoxy) is 2. The number of nitrogens with two attached hydrogens (primary N) is 2. The molecular weight excluding hydrogens is 298 g/mol. The molecule has 0 bridgehead atoms. The van der Waals surface area contributed by atoms with Crippen LogP contribution in [-0.2, 0) is 9.47 Å². The van der Waals surface area contributed by atoms with Crippen LogP contribution in [0.2, 0.25) is 5.15 Å². The molecule has 0 saturated heterocycles. The second kappa shape index (κ2) is 7.96. The van der Waals surface area contributed by atoms with Gasteiger partial charge in [-0.2, -0.15) is 0 Å². The van der Waals surface area contributed by atoms with Crippen molar-refractivity contribution in [2.24, 2.45) is 0 Å². The number of hydrogen-bond acceptors (Lipinski definition) is 7. The maximum Gasteiger partial charge on any atom is 0.276 e. The Morgan fingerprint density at radius 2 is 1.81 bits per heavy atom. The van der Waals surface area contributed by atoms with E-state index in [4.69, 9.17) is 32.5 Å². The van der Waals surface area contributed by atoms with E-state index in [9.17, 15) is 4.79 Å². The lowest BCUT2D eigenvalue weighted by molar-refractivity contribution is -0.141. The molecule has 4 N–H and O–H groups in total. The van der Waals surface area contributed by atoms with Crippen LogP contribution in [0.25, 0.3) is 0 Å². The zero-order valence-corrected chi connectivity index (χ0v) is 13.1. The summed E-state index contributed by atoms with van der Waals surface area (Å²) in [5, 5.41) is -0.0629. The Labute approximate surface area is 128 Å². The van der Waals surface area contributed by atoms with Crippen LogP contribution in [0.3, 0.4) is 0 Å². The zero-order valence-electron chi connectivity index (χ0n) is 12.3. The number of nitrogen functional groups attached to an aromatic ring is 2. The molecule has 1 aromatic heterocycles. The van der Waals surface area contributed by atoms with Crippen LogP contribution in [-0.4, -0.2) is 53.9 Å². The topological polar surface area (TPSA) is 117 Å². The van der Waals surface area contributed by atoms with E-state index in [1.165, 1.54) is 4.90 Å². The molecule has 118 valence electrons. The van der Waals surface area contributed by atoms with Gasteiger partial charge in [0, 0.05) is 20.3 Å². The van der Waals surface area contributed by atoms with Crippen LogP contribution >= 0.6 is 11.6 Å². The number of halogens is 1. The van der Waals surface area contributed by atoms with Crippen molar-refractivity contribution in [1.82, 2.24) is 14.9 Å². The van der Waals surface area contributed by atoms with Gasteiger partial charge in [-0.3, -0.25) is 4.79 Å². The summed E-state index contributed by atoms with van der Waals surface area (Å²) in [5.41, 5.74) is 11.1. The second-order valence-electron chi connectivity index (χ2n) is 4.16. The highest BCUT2D eigenvalue weighted by Gasteiger charge is 2.22. The van der Waals surface area contributed by atoms with Gasteiger partial charge in [0.2, 0.25) is 0 Å². The molecule has 1 rings (SSSR count). The minimum Gasteiger partial charge on any atom is -0.382 e. The molecule has 0 saturated carbocycles. The average molecular weight is 318 g/mol. The highest BCUT2D eigenvalue weighted by molar-refractivity contribution is 6.31. The highest BCUT2D eigenvalue weighted by Crippen LogP contribution is 2.18. The van der Waals surface area contributed by atoms with Crippen LogP contribution in [0.4, 0.5) is 11.6 Å². The minimum atomic E-state index is -0.521. The number of carbonyl (C=O) groups is 1. The van der Waals surface area contributed by atoms with Crippen molar-refractivity contribution in [2.45, 2.75) is 20.1 Å². The van der Waals surface area contributed by atoms with Crippen molar-refractivity contribution >= 4 is 29.1 Å². The molecule has 0 aliphatic rings. The molecular formula is C12H20ClN5O3. The largest absolute Gasteiger partial charge is 0.382 e. The van der Waals surface area contributed by atoms with Crippen LogP contribution in [0, 0.1) is 0 Å². The quantitative estimate of drug-likeness (QED) is 0.713. The van der Waals surface area contributed by atoms with E-state index in [1.54, 1.807) is 7.05 Å². The number of anilines is 2. The summed E-state index contributed by atoms with van der Waals surface area (Å²) in [7, 11) is 1.58. The fourth-order valence-electron chi connectivity index (χ4n) is 1.61. The molecule has 1 amide bonds. The number of hydrogen-bond donors (Lipinski definition) is 2. The normalized spacial score (nSPS) is 10.9. The molecule has 21 heavy (non-hydrogen) atoms. The summed E-state index contributed by atoms with van der Waals surface area (Å²) < 4.78 is 10.8. The number of likely N-dealkylation sites (N-methyl/N-ethyl adjacent to an activating group) is 1. The molecule has 0 aliphatic heterocycles. The first kappa shape index (κ1) is 17.4. The van der Waals surface area contributed by atoms with Crippen molar-refractivity contribution in [3.8, 4) is 0 Å². The smallest absolute Gasteiger partial charge is 0.276 e. The lowest BCUT2D eigenvalue weighted by Crippen LogP contribution is -2.38. The van der Waals surface area contributed by atoms with E-state index < -0.39 is 12.2 Å². The molecule has 1 aromatic rings. The monoisotopic (exact) mass is 317 g/mol. The van der Waals surface area contributed by atoms with Crippen molar-refractivity contribution in [3.05, 3.63) is 10.8 Å². The molecule has 8 nitrogen and oxygen atoms in total. The maximum atomic E-state index is 12.3. The molecule has 0 aromatic carbocycles. The minimum absolute atomic E-state index is 0.0186. The van der Waals surface area contributed by atoms with E-state index in [0.29, 0.717) is 13.2 Å². The molecule has 0 spiro atoms. The van der Waals surface area contributed by atoms with E-state index in [0.717, 1.165) is 0 Å². The highest BCUT2D eigenvalue weighted by atomic mass is 35.5. The molecule has 0 aliphatic carbocycles. The third-order valence-corrected chi connectivity index (χ3v) is 2.86. The van der Waals surface area contributed by atoms with Crippen LogP contribution in [0.5, 0.6) is 0 Å². The molecule has 0 unspecified atom stereocenters. The Morgan fingerprint density at radius 3 is 2.33 bits per heavy atom. The first-order chi connectivity index (χ1) is 9.90. The number of rotatable bonds is 7. The van der Waals surface area contributed by atoms with Crippen LogP contribution in [0.15, 0.2) is 0 Å². The van der Waals surface area contributed by atoms with Gasteiger partial charge < -0.3 is 25.8 Å². The summed E-state index contributed by atoms with van der Waals surface area (Å²) in [5.74, 6) is -0.528. The zero-order chi connectivity index (χ0) is 16.0. The molecule has 0 atom stereocenters. The lowest BCUT2D eigenvalue weighted by atomic mass is 10.3. The number of nitrogens with zero attached hydrogens (tertiary/aromatic N) is 3. The number of amides is 1. The van der Waals surface area contributed by atoms with Gasteiger partial charge in [0.05, 0.1) is 6.54 Å². The Morgan fingerprint density at radius 1 is 1.24 bits per heavy atom. The van der Waals surface area contributed by atoms with E-state index in [1.807, 2.05) is 13.8 Å². The fourth-order valence-corrected chi connectivity index (χ4v) is 1.74. The molecule has 0 radical (unpaired) electrons. The summed E-state index contributed by atoms with van der Waals surface area (Å²) in [6.07, 6.45) is -0.521. The number of carbonyl (C=O) groups excluding carboxylic acids is 1. The van der Waals surface area contributed by atoms with Gasteiger partial charge in [-0.25, -0.2) is 9.97 Å². The Balaban J connectivity index is 2.84. The summed E-state index contributed by atoms with van der Waals surface area (Å²) in [4.78, 5) is 21.3. The average Bonchev–Trinajstić information content (AvgIpc) is 2.42. The van der Waals surface area contributed by atoms with Gasteiger partial charge >= 0.3 is 0 Å². The lowest BCUT2D eigenvalue weighted by Gasteiger charge is -2.24. The Kier molecular flexibility index (Phi) is 6.60. The number of aromatic nitrogens is 2. The van der Waals surface area contributed by atoms with Crippen molar-refractivity contribution < 1.29 is 14.3 Å². The van der Waals surface area contributed by atoms with Gasteiger partial charge in [-0.05, 0) is 13.8 Å². The Hall–Kier alpha value is -1.64. The van der Waals surface area contributed by atoms with E-state index in [-0.39, 0.29) is 29.0 Å². The molecule has 0 fully saturated rings. The van der Waals surface area contributed by atoms with Crippen molar-refractivity contribution in [1.29, 1.82) is 0 Å². The van der Waals surface area contributed by atoms with Gasteiger partial charge in [0.15, 0.2) is 28.8 Å². The third-order valence-electron chi connectivity index (χ3n) is 2.58. The first-order valence-corrected chi connectivity index (χ1v) is 6.85. The fraction of sp³-hybridized carbons (Fsp3) is 0.583. The predicted octanol–water partition coefficient (Wildman–Crippen LogP) is 0.766. The van der Waals surface area contributed by atoms with E-state index >= 15 is 0 Å². The molecule has 9 heteroatoms.